The standard InChI is InChI=1S/C22H28N8O/c1-3-23-22(28-11-12-29(21(31)17-28)20-14-25-27(2)16-20)24-10-9-18-13-26-30(15-18)19-7-5-4-6-8-19/h4-8,13-16H,3,9-12,17H2,1-2H3,(H,23,24). The van der Waals surface area contributed by atoms with Crippen molar-refractivity contribution in [2.75, 3.05) is 37.6 Å². The summed E-state index contributed by atoms with van der Waals surface area (Å²) in [7, 11) is 1.85. The number of nitrogens with zero attached hydrogens (tertiary/aromatic N) is 7. The van der Waals surface area contributed by atoms with Crippen LogP contribution in [0.25, 0.3) is 5.69 Å². The third kappa shape index (κ3) is 4.93. The van der Waals surface area contributed by atoms with Crippen LogP contribution >= 0.6 is 0 Å². The Labute approximate surface area is 182 Å². The van der Waals surface area contributed by atoms with Gasteiger partial charge in [-0.25, -0.2) is 4.68 Å². The van der Waals surface area contributed by atoms with Crippen LogP contribution < -0.4 is 10.2 Å². The Morgan fingerprint density at radius 2 is 1.94 bits per heavy atom. The van der Waals surface area contributed by atoms with E-state index in [1.807, 2.05) is 72.5 Å². The summed E-state index contributed by atoms with van der Waals surface area (Å²) >= 11 is 0. The molecule has 162 valence electrons. The molecule has 2 aromatic heterocycles. The highest BCUT2D eigenvalue weighted by atomic mass is 16.2. The lowest BCUT2D eigenvalue weighted by molar-refractivity contribution is -0.120. The van der Waals surface area contributed by atoms with Crippen molar-refractivity contribution in [3.8, 4) is 5.69 Å². The zero-order valence-corrected chi connectivity index (χ0v) is 18.0. The number of aliphatic imine (C=N–C) groups is 1. The van der Waals surface area contributed by atoms with Crippen molar-refractivity contribution in [1.82, 2.24) is 29.8 Å². The first-order chi connectivity index (χ1) is 15.1. The number of rotatable bonds is 6. The number of para-hydroxylation sites is 1. The summed E-state index contributed by atoms with van der Waals surface area (Å²) in [5.74, 6) is 0.825. The number of piperazine rings is 1. The second-order valence-electron chi connectivity index (χ2n) is 7.45. The average Bonchev–Trinajstić information content (AvgIpc) is 3.43. The van der Waals surface area contributed by atoms with E-state index in [9.17, 15) is 4.79 Å². The quantitative estimate of drug-likeness (QED) is 0.482. The molecular formula is C22H28N8O. The number of aryl methyl sites for hydroxylation is 1. The minimum atomic E-state index is 0.0500. The molecule has 3 aromatic rings. The summed E-state index contributed by atoms with van der Waals surface area (Å²) in [6.07, 6.45) is 8.29. The van der Waals surface area contributed by atoms with E-state index in [2.05, 4.69) is 15.5 Å². The molecule has 1 aliphatic heterocycles. The first-order valence-corrected chi connectivity index (χ1v) is 10.6. The molecule has 0 atom stereocenters. The Hall–Kier alpha value is -3.62. The monoisotopic (exact) mass is 420 g/mol. The van der Waals surface area contributed by atoms with E-state index in [0.29, 0.717) is 19.6 Å². The van der Waals surface area contributed by atoms with Crippen LogP contribution in [-0.4, -0.2) is 69.1 Å². The van der Waals surface area contributed by atoms with Gasteiger partial charge in [-0.3, -0.25) is 14.5 Å². The van der Waals surface area contributed by atoms with E-state index < -0.39 is 0 Å². The van der Waals surface area contributed by atoms with Gasteiger partial charge in [0, 0.05) is 45.6 Å². The van der Waals surface area contributed by atoms with Gasteiger partial charge in [0.1, 0.15) is 6.54 Å². The number of anilines is 1. The number of benzene rings is 1. The number of amides is 1. The lowest BCUT2D eigenvalue weighted by Crippen LogP contribution is -2.55. The molecule has 0 unspecified atom stereocenters. The summed E-state index contributed by atoms with van der Waals surface area (Å²) in [6.45, 7) is 5.04. The fourth-order valence-corrected chi connectivity index (χ4v) is 3.60. The van der Waals surface area contributed by atoms with Gasteiger partial charge in [0.2, 0.25) is 5.91 Å². The van der Waals surface area contributed by atoms with E-state index in [1.54, 1.807) is 15.8 Å². The zero-order chi connectivity index (χ0) is 21.6. The Balaban J connectivity index is 1.36. The van der Waals surface area contributed by atoms with Gasteiger partial charge in [-0.1, -0.05) is 18.2 Å². The fraction of sp³-hybridized carbons (Fsp3) is 0.364. The van der Waals surface area contributed by atoms with Crippen molar-refractivity contribution in [2.45, 2.75) is 13.3 Å². The van der Waals surface area contributed by atoms with Crippen LogP contribution in [0.15, 0.2) is 60.1 Å². The molecule has 0 aliphatic carbocycles. The maximum absolute atomic E-state index is 12.7. The van der Waals surface area contributed by atoms with Crippen molar-refractivity contribution in [1.29, 1.82) is 0 Å². The van der Waals surface area contributed by atoms with E-state index in [4.69, 9.17) is 4.99 Å². The maximum atomic E-state index is 12.7. The Kier molecular flexibility index (Phi) is 6.30. The molecule has 0 saturated carbocycles. The number of hydrogen-bond acceptors (Lipinski definition) is 4. The van der Waals surface area contributed by atoms with Gasteiger partial charge in [-0.15, -0.1) is 0 Å². The Morgan fingerprint density at radius 3 is 2.65 bits per heavy atom. The Morgan fingerprint density at radius 1 is 1.10 bits per heavy atom. The number of carbonyl (C=O) groups excluding carboxylic acids is 1. The van der Waals surface area contributed by atoms with Crippen molar-refractivity contribution in [3.05, 3.63) is 60.7 Å². The summed E-state index contributed by atoms with van der Waals surface area (Å²) in [4.78, 5) is 21.3. The van der Waals surface area contributed by atoms with Crippen molar-refractivity contribution < 1.29 is 4.79 Å². The van der Waals surface area contributed by atoms with Crippen LogP contribution in [0.2, 0.25) is 0 Å². The molecule has 9 heteroatoms. The third-order valence-electron chi connectivity index (χ3n) is 5.18. The van der Waals surface area contributed by atoms with Gasteiger partial charge < -0.3 is 15.1 Å². The molecule has 0 spiro atoms. The van der Waals surface area contributed by atoms with Crippen LogP contribution in [0, 0.1) is 0 Å². The second kappa shape index (κ2) is 9.46. The fourth-order valence-electron chi connectivity index (χ4n) is 3.60. The Bertz CT molecular complexity index is 1040. The topological polar surface area (TPSA) is 83.6 Å². The van der Waals surface area contributed by atoms with Crippen molar-refractivity contribution in [3.63, 3.8) is 0 Å². The first kappa shape index (κ1) is 20.6. The van der Waals surface area contributed by atoms with E-state index in [0.717, 1.165) is 42.4 Å². The third-order valence-corrected chi connectivity index (χ3v) is 5.18. The number of guanidine groups is 1. The van der Waals surface area contributed by atoms with Crippen LogP contribution in [0.5, 0.6) is 0 Å². The lowest BCUT2D eigenvalue weighted by Gasteiger charge is -2.35. The molecule has 0 bridgehead atoms. The molecule has 1 saturated heterocycles. The molecule has 9 nitrogen and oxygen atoms in total. The lowest BCUT2D eigenvalue weighted by atomic mass is 10.2. The van der Waals surface area contributed by atoms with Gasteiger partial charge in [0.05, 0.1) is 23.8 Å². The summed E-state index contributed by atoms with van der Waals surface area (Å²) in [6, 6.07) is 10.0. The highest BCUT2D eigenvalue weighted by molar-refractivity contribution is 5.98. The number of carbonyl (C=O) groups is 1. The molecule has 0 radical (unpaired) electrons. The largest absolute Gasteiger partial charge is 0.357 e. The molecule has 1 amide bonds. The van der Waals surface area contributed by atoms with Gasteiger partial charge in [-0.2, -0.15) is 10.2 Å². The first-order valence-electron chi connectivity index (χ1n) is 10.6. The maximum Gasteiger partial charge on any atom is 0.246 e. The molecule has 1 aromatic carbocycles. The molecule has 3 heterocycles. The van der Waals surface area contributed by atoms with Crippen molar-refractivity contribution >= 4 is 17.6 Å². The minimum Gasteiger partial charge on any atom is -0.357 e. The minimum absolute atomic E-state index is 0.0500. The van der Waals surface area contributed by atoms with E-state index >= 15 is 0 Å². The second-order valence-corrected chi connectivity index (χ2v) is 7.45. The molecule has 1 aliphatic rings. The van der Waals surface area contributed by atoms with Gasteiger partial charge in [0.15, 0.2) is 5.96 Å². The molecular weight excluding hydrogens is 392 g/mol. The normalized spacial score (nSPS) is 14.9. The van der Waals surface area contributed by atoms with Crippen LogP contribution in [0.1, 0.15) is 12.5 Å². The van der Waals surface area contributed by atoms with Crippen LogP contribution in [-0.2, 0) is 18.3 Å². The number of nitrogens with one attached hydrogen (secondary N) is 1. The summed E-state index contributed by atoms with van der Waals surface area (Å²) in [5, 5.41) is 11.9. The highest BCUT2D eigenvalue weighted by Gasteiger charge is 2.27. The highest BCUT2D eigenvalue weighted by Crippen LogP contribution is 2.16. The van der Waals surface area contributed by atoms with E-state index in [-0.39, 0.29) is 5.91 Å². The molecule has 1 N–H and O–H groups in total. The van der Waals surface area contributed by atoms with Gasteiger partial charge in [-0.05, 0) is 31.0 Å². The molecule has 4 rings (SSSR count). The average molecular weight is 421 g/mol. The summed E-state index contributed by atoms with van der Waals surface area (Å²) < 4.78 is 3.58. The number of aromatic nitrogens is 4. The van der Waals surface area contributed by atoms with Crippen LogP contribution in [0.4, 0.5) is 5.69 Å². The van der Waals surface area contributed by atoms with E-state index in [1.165, 1.54) is 0 Å². The predicted molar refractivity (Wildman–Crippen MR) is 120 cm³/mol. The van der Waals surface area contributed by atoms with Crippen LogP contribution in [0.3, 0.4) is 0 Å². The van der Waals surface area contributed by atoms with Gasteiger partial charge in [0.25, 0.3) is 0 Å². The zero-order valence-electron chi connectivity index (χ0n) is 18.0. The predicted octanol–water partition coefficient (Wildman–Crippen LogP) is 1.46. The smallest absolute Gasteiger partial charge is 0.246 e. The molecule has 1 fully saturated rings. The van der Waals surface area contributed by atoms with Gasteiger partial charge >= 0.3 is 0 Å². The summed E-state index contributed by atoms with van der Waals surface area (Å²) in [5.41, 5.74) is 3.00. The number of hydrogen-bond donors (Lipinski definition) is 1. The molecule has 31 heavy (non-hydrogen) atoms. The SMILES string of the molecule is CCNC(=NCCc1cnn(-c2ccccc2)c1)N1CCN(c2cnn(C)c2)C(=O)C1. The van der Waals surface area contributed by atoms with Crippen molar-refractivity contribution in [2.24, 2.45) is 12.0 Å².